The van der Waals surface area contributed by atoms with E-state index < -0.39 is 0 Å². The largest absolute Gasteiger partial charge is 1.00 e. The highest BCUT2D eigenvalue weighted by Gasteiger charge is 2.35. The van der Waals surface area contributed by atoms with Crippen LogP contribution in [0.2, 0.25) is 0 Å². The van der Waals surface area contributed by atoms with Crippen LogP contribution in [0.25, 0.3) is 0 Å². The molecule has 166 valence electrons. The molecule has 3 aromatic rings. The number of benzene rings is 2. The molecule has 0 spiro atoms. The lowest BCUT2D eigenvalue weighted by molar-refractivity contribution is -0.00000765. The summed E-state index contributed by atoms with van der Waals surface area (Å²) in [5.74, 6) is 2.37. The lowest BCUT2D eigenvalue weighted by Crippen LogP contribution is -3.00. The van der Waals surface area contributed by atoms with E-state index in [4.69, 9.17) is 9.47 Å². The number of hydrogen-bond donors (Lipinski definition) is 0. The molecule has 8 heteroatoms. The Morgan fingerprint density at radius 3 is 2.42 bits per heavy atom. The molecule has 0 N–H and O–H groups in total. The minimum absolute atomic E-state index is 0. The van der Waals surface area contributed by atoms with Crippen LogP contribution in [0, 0.1) is 0 Å². The van der Waals surface area contributed by atoms with Crippen molar-refractivity contribution in [1.82, 2.24) is 25.1 Å². The predicted molar refractivity (Wildman–Crippen MR) is 115 cm³/mol. The molecule has 1 aromatic heterocycles. The molecule has 1 aliphatic rings. The van der Waals surface area contributed by atoms with Gasteiger partial charge in [-0.25, -0.2) is 4.68 Å². The fourth-order valence-electron chi connectivity index (χ4n) is 4.13. The van der Waals surface area contributed by atoms with Gasteiger partial charge in [0.15, 0.2) is 5.82 Å². The van der Waals surface area contributed by atoms with Crippen molar-refractivity contribution in [2.45, 2.75) is 45.3 Å². The molecule has 0 bridgehead atoms. The summed E-state index contributed by atoms with van der Waals surface area (Å²) in [6.45, 7) is 8.05. The predicted octanol–water partition coefficient (Wildman–Crippen LogP) is 0.597. The fourth-order valence-corrected chi connectivity index (χ4v) is 4.13. The molecule has 4 rings (SSSR count). The molecule has 0 radical (unpaired) electrons. The fraction of sp³-hybridized carbons (Fsp3) is 0.435. The van der Waals surface area contributed by atoms with Gasteiger partial charge in [-0.2, -0.15) is 0 Å². The monoisotopic (exact) mass is 442 g/mol. The Labute approximate surface area is 189 Å². The molecule has 2 heterocycles. The molecular formula is C23H29ClN5O2-. The first-order chi connectivity index (χ1) is 14.4. The van der Waals surface area contributed by atoms with Crippen LogP contribution in [0.1, 0.15) is 49.3 Å². The van der Waals surface area contributed by atoms with Crippen molar-refractivity contribution in [3.05, 3.63) is 65.0 Å². The first kappa shape index (κ1) is 23.0. The molecule has 31 heavy (non-hydrogen) atoms. The molecule has 1 unspecified atom stereocenters. The number of fused-ring (bicyclic) bond motifs is 1. The number of hydrogen-bond acceptors (Lipinski definition) is 6. The smallest absolute Gasteiger partial charge is 0.173 e. The van der Waals surface area contributed by atoms with Gasteiger partial charge in [-0.05, 0) is 66.9 Å². The third-order valence-electron chi connectivity index (χ3n) is 5.63. The van der Waals surface area contributed by atoms with Crippen LogP contribution in [0.3, 0.4) is 0 Å². The van der Waals surface area contributed by atoms with E-state index in [1.54, 1.807) is 14.2 Å². The number of halogens is 1. The molecule has 0 aliphatic carbocycles. The summed E-state index contributed by atoms with van der Waals surface area (Å²) < 4.78 is 13.2. The molecule has 2 aromatic carbocycles. The maximum atomic E-state index is 5.75. The Bertz CT molecular complexity index is 1030. The van der Waals surface area contributed by atoms with Gasteiger partial charge < -0.3 is 21.9 Å². The van der Waals surface area contributed by atoms with Gasteiger partial charge in [0.25, 0.3) is 0 Å². The van der Waals surface area contributed by atoms with E-state index in [2.05, 4.69) is 65.5 Å². The third kappa shape index (κ3) is 4.52. The van der Waals surface area contributed by atoms with Crippen molar-refractivity contribution in [1.29, 1.82) is 0 Å². The molecule has 0 saturated heterocycles. The second-order valence-corrected chi connectivity index (χ2v) is 8.62. The average molecular weight is 443 g/mol. The summed E-state index contributed by atoms with van der Waals surface area (Å²) in [6, 6.07) is 14.4. The van der Waals surface area contributed by atoms with Crippen molar-refractivity contribution >= 4 is 0 Å². The molecular weight excluding hydrogens is 414 g/mol. The highest BCUT2D eigenvalue weighted by molar-refractivity contribution is 5.45. The lowest BCUT2D eigenvalue weighted by Gasteiger charge is -2.36. The van der Waals surface area contributed by atoms with E-state index in [0.29, 0.717) is 0 Å². The van der Waals surface area contributed by atoms with Crippen LogP contribution in [0.5, 0.6) is 11.5 Å². The zero-order valence-electron chi connectivity index (χ0n) is 18.7. The van der Waals surface area contributed by atoms with Crippen LogP contribution in [-0.2, 0) is 18.5 Å². The Kier molecular flexibility index (Phi) is 6.86. The summed E-state index contributed by atoms with van der Waals surface area (Å²) in [5, 5.41) is 12.8. The minimum Gasteiger partial charge on any atom is -1.00 e. The maximum absolute atomic E-state index is 5.75. The second kappa shape index (κ2) is 9.24. The maximum Gasteiger partial charge on any atom is 0.173 e. The van der Waals surface area contributed by atoms with E-state index in [1.165, 1.54) is 11.1 Å². The van der Waals surface area contributed by atoms with Crippen LogP contribution in [0.15, 0.2) is 42.5 Å². The van der Waals surface area contributed by atoms with Gasteiger partial charge in [-0.1, -0.05) is 24.3 Å². The number of aromatic nitrogens is 4. The number of methoxy groups -OCH3 is 2. The summed E-state index contributed by atoms with van der Waals surface area (Å²) >= 11 is 0. The molecule has 7 nitrogen and oxygen atoms in total. The average Bonchev–Trinajstić information content (AvgIpc) is 3.24. The van der Waals surface area contributed by atoms with Crippen molar-refractivity contribution in [3.8, 4) is 11.5 Å². The van der Waals surface area contributed by atoms with E-state index in [1.807, 2.05) is 22.9 Å². The first-order valence-electron chi connectivity index (χ1n) is 10.2. The Hall–Kier alpha value is -2.64. The van der Waals surface area contributed by atoms with Crippen LogP contribution < -0.4 is 21.9 Å². The first-order valence-corrected chi connectivity index (χ1v) is 10.2. The van der Waals surface area contributed by atoms with E-state index in [-0.39, 0.29) is 24.0 Å². The van der Waals surface area contributed by atoms with Gasteiger partial charge >= 0.3 is 0 Å². The van der Waals surface area contributed by atoms with Crippen molar-refractivity contribution in [3.63, 3.8) is 0 Å². The SMILES string of the molecule is COc1ccc(OC)c(C(c2nnnn2C(C)(C)C)N2CCc3ccccc3C2)c1.[Cl-]. The van der Waals surface area contributed by atoms with E-state index in [9.17, 15) is 0 Å². The zero-order chi connectivity index (χ0) is 21.3. The molecule has 0 amide bonds. The van der Waals surface area contributed by atoms with E-state index >= 15 is 0 Å². The normalized spacial score (nSPS) is 15.0. The number of rotatable bonds is 5. The zero-order valence-corrected chi connectivity index (χ0v) is 19.4. The Morgan fingerprint density at radius 1 is 1.00 bits per heavy atom. The second-order valence-electron chi connectivity index (χ2n) is 8.62. The molecule has 0 saturated carbocycles. The highest BCUT2D eigenvalue weighted by atomic mass is 35.5. The number of ether oxygens (including phenoxy) is 2. The standard InChI is InChI=1S/C23H29N5O2.ClH/c1-23(2,3)28-22(24-25-26-28)21(19-14-18(29-4)10-11-20(19)30-5)27-13-12-16-8-6-7-9-17(16)15-27;/h6-11,14,21H,12-13,15H2,1-5H3;1H/p-1. The topological polar surface area (TPSA) is 65.3 Å². The van der Waals surface area contributed by atoms with Gasteiger partial charge in [0.1, 0.15) is 17.5 Å². The lowest BCUT2D eigenvalue weighted by atomic mass is 9.95. The van der Waals surface area contributed by atoms with Gasteiger partial charge in [0, 0.05) is 18.7 Å². The van der Waals surface area contributed by atoms with E-state index in [0.717, 1.165) is 42.4 Å². The van der Waals surface area contributed by atoms with Crippen molar-refractivity contribution < 1.29 is 21.9 Å². The molecule has 1 aliphatic heterocycles. The minimum atomic E-state index is -0.253. The molecule has 1 atom stereocenters. The van der Waals surface area contributed by atoms with Crippen LogP contribution in [-0.4, -0.2) is 45.9 Å². The highest BCUT2D eigenvalue weighted by Crippen LogP contribution is 2.39. The quantitative estimate of drug-likeness (QED) is 0.576. The molecule has 0 fully saturated rings. The van der Waals surface area contributed by atoms with Gasteiger partial charge in [0.05, 0.1) is 19.8 Å². The van der Waals surface area contributed by atoms with Gasteiger partial charge in [-0.3, -0.25) is 4.90 Å². The van der Waals surface area contributed by atoms with Gasteiger partial charge in [0.2, 0.25) is 0 Å². The third-order valence-corrected chi connectivity index (χ3v) is 5.63. The Balaban J connectivity index is 0.00000272. The summed E-state index contributed by atoms with van der Waals surface area (Å²) in [5.41, 5.74) is 3.49. The summed E-state index contributed by atoms with van der Waals surface area (Å²) in [4.78, 5) is 2.42. The summed E-state index contributed by atoms with van der Waals surface area (Å²) in [6.07, 6.45) is 0.982. The van der Waals surface area contributed by atoms with Crippen LogP contribution >= 0.6 is 0 Å². The number of tetrazole rings is 1. The summed E-state index contributed by atoms with van der Waals surface area (Å²) in [7, 11) is 3.37. The Morgan fingerprint density at radius 2 is 1.74 bits per heavy atom. The van der Waals surface area contributed by atoms with Gasteiger partial charge in [-0.15, -0.1) is 5.10 Å². The number of nitrogens with zero attached hydrogens (tertiary/aromatic N) is 5. The van der Waals surface area contributed by atoms with Crippen molar-refractivity contribution in [2.24, 2.45) is 0 Å². The van der Waals surface area contributed by atoms with Crippen molar-refractivity contribution in [2.75, 3.05) is 20.8 Å². The van der Waals surface area contributed by atoms with Crippen LogP contribution in [0.4, 0.5) is 0 Å².